The fourth-order valence-corrected chi connectivity index (χ4v) is 3.17. The smallest absolute Gasteiger partial charge is 0.315 e. The zero-order valence-electron chi connectivity index (χ0n) is 10.8. The predicted octanol–water partition coefficient (Wildman–Crippen LogP) is 3.20. The van der Waals surface area contributed by atoms with Crippen LogP contribution in [0.2, 0.25) is 0 Å². The minimum atomic E-state index is 0.0488. The van der Waals surface area contributed by atoms with Gasteiger partial charge in [0.25, 0.3) is 0 Å². The summed E-state index contributed by atoms with van der Waals surface area (Å²) in [6.45, 7) is 0.850. The number of hydrogen-bond donors (Lipinski definition) is 2. The van der Waals surface area contributed by atoms with Crippen LogP contribution >= 0.6 is 0 Å². The Bertz CT molecular complexity index is 230. The molecule has 0 radical (unpaired) electrons. The largest absolute Gasteiger partial charge is 0.338 e. The average molecular weight is 238 g/mol. The molecule has 0 saturated heterocycles. The van der Waals surface area contributed by atoms with Gasteiger partial charge < -0.3 is 10.6 Å². The molecule has 0 atom stereocenters. The van der Waals surface area contributed by atoms with E-state index in [4.69, 9.17) is 0 Å². The van der Waals surface area contributed by atoms with Gasteiger partial charge in [-0.2, -0.15) is 0 Å². The number of carbonyl (C=O) groups is 1. The van der Waals surface area contributed by atoms with E-state index in [0.717, 1.165) is 31.7 Å². The van der Waals surface area contributed by atoms with Gasteiger partial charge in [0.05, 0.1) is 0 Å². The summed E-state index contributed by atoms with van der Waals surface area (Å²) in [4.78, 5) is 11.6. The lowest BCUT2D eigenvalue weighted by Gasteiger charge is -2.21. The zero-order chi connectivity index (χ0) is 11.9. The molecule has 2 saturated carbocycles. The van der Waals surface area contributed by atoms with Crippen LogP contribution in [0.5, 0.6) is 0 Å². The van der Waals surface area contributed by atoms with Gasteiger partial charge in [0.1, 0.15) is 0 Å². The molecule has 0 spiro atoms. The van der Waals surface area contributed by atoms with Crippen LogP contribution < -0.4 is 10.6 Å². The van der Waals surface area contributed by atoms with Gasteiger partial charge in [-0.25, -0.2) is 4.79 Å². The van der Waals surface area contributed by atoms with Crippen LogP contribution in [0.1, 0.15) is 64.2 Å². The third-order valence-corrected chi connectivity index (χ3v) is 4.25. The number of rotatable bonds is 4. The summed E-state index contributed by atoms with van der Waals surface area (Å²) in [5, 5.41) is 6.07. The Kier molecular flexibility index (Phi) is 5.14. The van der Waals surface area contributed by atoms with E-state index in [-0.39, 0.29) is 6.03 Å². The highest BCUT2D eigenvalue weighted by Crippen LogP contribution is 2.25. The first-order chi connectivity index (χ1) is 8.34. The second-order valence-corrected chi connectivity index (χ2v) is 5.67. The van der Waals surface area contributed by atoms with Crippen LogP contribution in [-0.4, -0.2) is 18.6 Å². The monoisotopic (exact) mass is 238 g/mol. The fraction of sp³-hybridized carbons (Fsp3) is 0.929. The zero-order valence-corrected chi connectivity index (χ0v) is 10.8. The molecule has 0 aromatic rings. The van der Waals surface area contributed by atoms with E-state index in [1.807, 2.05) is 0 Å². The molecule has 98 valence electrons. The molecule has 2 aliphatic carbocycles. The Morgan fingerprint density at radius 1 is 0.941 bits per heavy atom. The van der Waals surface area contributed by atoms with Crippen molar-refractivity contribution in [3.05, 3.63) is 0 Å². The van der Waals surface area contributed by atoms with E-state index in [1.54, 1.807) is 0 Å². The molecule has 0 bridgehead atoms. The van der Waals surface area contributed by atoms with Gasteiger partial charge in [0, 0.05) is 12.6 Å². The van der Waals surface area contributed by atoms with Crippen molar-refractivity contribution >= 4 is 6.03 Å². The van der Waals surface area contributed by atoms with Crippen LogP contribution in [0.15, 0.2) is 0 Å². The lowest BCUT2D eigenvalue weighted by Crippen LogP contribution is -2.41. The molecule has 2 fully saturated rings. The molecule has 0 aromatic heterocycles. The molecule has 0 unspecified atom stereocenters. The summed E-state index contributed by atoms with van der Waals surface area (Å²) in [5.41, 5.74) is 0. The van der Waals surface area contributed by atoms with Gasteiger partial charge >= 0.3 is 6.03 Å². The summed E-state index contributed by atoms with van der Waals surface area (Å²) in [6.07, 6.45) is 13.0. The Morgan fingerprint density at radius 3 is 2.29 bits per heavy atom. The number of urea groups is 1. The highest BCUT2D eigenvalue weighted by Gasteiger charge is 2.17. The number of amides is 2. The Morgan fingerprint density at radius 2 is 1.59 bits per heavy atom. The summed E-state index contributed by atoms with van der Waals surface area (Å²) in [6, 6.07) is 0.484. The minimum absolute atomic E-state index is 0.0488. The number of carbonyl (C=O) groups excluding carboxylic acids is 1. The summed E-state index contributed by atoms with van der Waals surface area (Å²) in [7, 11) is 0. The fourth-order valence-electron chi connectivity index (χ4n) is 3.17. The first-order valence-corrected chi connectivity index (χ1v) is 7.39. The van der Waals surface area contributed by atoms with Crippen LogP contribution in [0.4, 0.5) is 4.79 Å². The maximum Gasteiger partial charge on any atom is 0.315 e. The van der Waals surface area contributed by atoms with E-state index in [0.29, 0.717) is 6.04 Å². The molecule has 2 aliphatic rings. The topological polar surface area (TPSA) is 41.1 Å². The van der Waals surface area contributed by atoms with Crippen molar-refractivity contribution < 1.29 is 4.79 Å². The molecule has 0 aliphatic heterocycles. The van der Waals surface area contributed by atoms with Gasteiger partial charge in [-0.05, 0) is 25.2 Å². The van der Waals surface area contributed by atoms with Gasteiger partial charge in [-0.15, -0.1) is 0 Å². The highest BCUT2D eigenvalue weighted by atomic mass is 16.2. The third-order valence-electron chi connectivity index (χ3n) is 4.25. The van der Waals surface area contributed by atoms with Crippen molar-refractivity contribution in [3.8, 4) is 0 Å². The SMILES string of the molecule is O=C(NCCC1CCCCC1)NC1CCCC1. The van der Waals surface area contributed by atoms with Crippen molar-refractivity contribution in [2.45, 2.75) is 70.3 Å². The van der Waals surface area contributed by atoms with Gasteiger partial charge in [0.15, 0.2) is 0 Å². The van der Waals surface area contributed by atoms with Crippen molar-refractivity contribution in [1.82, 2.24) is 10.6 Å². The highest BCUT2D eigenvalue weighted by molar-refractivity contribution is 5.74. The Hall–Kier alpha value is -0.730. The van der Waals surface area contributed by atoms with Crippen LogP contribution in [0.3, 0.4) is 0 Å². The summed E-state index contributed by atoms with van der Waals surface area (Å²) in [5.74, 6) is 0.857. The molecule has 17 heavy (non-hydrogen) atoms. The lowest BCUT2D eigenvalue weighted by molar-refractivity contribution is 0.235. The molecule has 3 heteroatoms. The van der Waals surface area contributed by atoms with Crippen LogP contribution in [0, 0.1) is 5.92 Å². The Labute approximate surface area is 105 Å². The molecule has 2 amide bonds. The maximum atomic E-state index is 11.6. The van der Waals surface area contributed by atoms with Gasteiger partial charge in [-0.3, -0.25) is 0 Å². The quantitative estimate of drug-likeness (QED) is 0.776. The molecule has 2 rings (SSSR count). The number of hydrogen-bond acceptors (Lipinski definition) is 1. The van der Waals surface area contributed by atoms with E-state index in [2.05, 4.69) is 10.6 Å². The molecular weight excluding hydrogens is 212 g/mol. The van der Waals surface area contributed by atoms with E-state index < -0.39 is 0 Å². The average Bonchev–Trinajstić information content (AvgIpc) is 2.83. The van der Waals surface area contributed by atoms with Crippen molar-refractivity contribution in [3.63, 3.8) is 0 Å². The standard InChI is InChI=1S/C14H26N2O/c17-14(16-13-8-4-5-9-13)15-11-10-12-6-2-1-3-7-12/h12-13H,1-11H2,(H2,15,16,17). The van der Waals surface area contributed by atoms with Crippen molar-refractivity contribution in [1.29, 1.82) is 0 Å². The maximum absolute atomic E-state index is 11.6. The first-order valence-electron chi connectivity index (χ1n) is 7.39. The van der Waals surface area contributed by atoms with E-state index in [1.165, 1.54) is 44.9 Å². The second kappa shape index (κ2) is 6.87. The molecule has 2 N–H and O–H groups in total. The molecule has 3 nitrogen and oxygen atoms in total. The molecular formula is C14H26N2O. The normalized spacial score (nSPS) is 22.6. The Balaban J connectivity index is 1.53. The lowest BCUT2D eigenvalue weighted by atomic mass is 9.87. The second-order valence-electron chi connectivity index (χ2n) is 5.67. The van der Waals surface area contributed by atoms with Crippen LogP contribution in [-0.2, 0) is 0 Å². The van der Waals surface area contributed by atoms with E-state index in [9.17, 15) is 4.79 Å². The predicted molar refractivity (Wildman–Crippen MR) is 70.0 cm³/mol. The minimum Gasteiger partial charge on any atom is -0.338 e. The molecule has 0 heterocycles. The van der Waals surface area contributed by atoms with E-state index >= 15 is 0 Å². The van der Waals surface area contributed by atoms with Crippen molar-refractivity contribution in [2.75, 3.05) is 6.54 Å². The van der Waals surface area contributed by atoms with Gasteiger partial charge in [-0.1, -0.05) is 44.9 Å². The third kappa shape index (κ3) is 4.57. The van der Waals surface area contributed by atoms with Crippen LogP contribution in [0.25, 0.3) is 0 Å². The molecule has 0 aromatic carbocycles. The summed E-state index contributed by atoms with van der Waals surface area (Å²) < 4.78 is 0. The first kappa shape index (κ1) is 12.7. The summed E-state index contributed by atoms with van der Waals surface area (Å²) >= 11 is 0. The number of nitrogens with one attached hydrogen (secondary N) is 2. The van der Waals surface area contributed by atoms with Crippen molar-refractivity contribution in [2.24, 2.45) is 5.92 Å². The van der Waals surface area contributed by atoms with Gasteiger partial charge in [0.2, 0.25) is 0 Å².